The SMILES string of the molecule is CCOC(=O)c1cnc(NCc2cncc(C)c2)c(C(C)=N)c1Cl. The number of hydrogen-bond donors (Lipinski definition) is 2. The number of anilines is 1. The lowest BCUT2D eigenvalue weighted by molar-refractivity contribution is 0.0526. The van der Waals surface area contributed by atoms with Gasteiger partial charge in [0.25, 0.3) is 0 Å². The minimum absolute atomic E-state index is 0.155. The average Bonchev–Trinajstić information content (AvgIpc) is 2.52. The van der Waals surface area contributed by atoms with E-state index >= 15 is 0 Å². The van der Waals surface area contributed by atoms with E-state index in [0.29, 0.717) is 17.9 Å². The van der Waals surface area contributed by atoms with E-state index in [1.807, 2.05) is 13.0 Å². The molecule has 2 N–H and O–H groups in total. The summed E-state index contributed by atoms with van der Waals surface area (Å²) in [5.74, 6) is -0.103. The van der Waals surface area contributed by atoms with E-state index in [1.54, 1.807) is 26.2 Å². The van der Waals surface area contributed by atoms with Crippen LogP contribution in [0.5, 0.6) is 0 Å². The fourth-order valence-electron chi connectivity index (χ4n) is 2.22. The second kappa shape index (κ2) is 7.88. The Balaban J connectivity index is 2.31. The van der Waals surface area contributed by atoms with Crippen molar-refractivity contribution in [2.24, 2.45) is 0 Å². The molecule has 0 saturated carbocycles. The molecule has 7 heteroatoms. The van der Waals surface area contributed by atoms with Gasteiger partial charge in [-0.05, 0) is 31.9 Å². The summed E-state index contributed by atoms with van der Waals surface area (Å²) in [6, 6.07) is 2.01. The number of pyridine rings is 2. The molecule has 2 heterocycles. The molecule has 0 aliphatic rings. The first kappa shape index (κ1) is 17.9. The number of halogens is 1. The van der Waals surface area contributed by atoms with Crippen molar-refractivity contribution in [1.29, 1.82) is 5.41 Å². The monoisotopic (exact) mass is 346 g/mol. The molecular weight excluding hydrogens is 328 g/mol. The fourth-order valence-corrected chi connectivity index (χ4v) is 2.57. The lowest BCUT2D eigenvalue weighted by Crippen LogP contribution is -2.13. The summed E-state index contributed by atoms with van der Waals surface area (Å²) in [5, 5.41) is 11.3. The molecule has 0 saturated heterocycles. The Hall–Kier alpha value is -2.47. The van der Waals surface area contributed by atoms with Gasteiger partial charge in [0.05, 0.1) is 22.8 Å². The van der Waals surface area contributed by atoms with Gasteiger partial charge in [-0.3, -0.25) is 4.98 Å². The van der Waals surface area contributed by atoms with Gasteiger partial charge in [-0.25, -0.2) is 9.78 Å². The molecule has 2 aromatic heterocycles. The van der Waals surface area contributed by atoms with Gasteiger partial charge in [-0.15, -0.1) is 0 Å². The quantitative estimate of drug-likeness (QED) is 0.616. The number of aromatic nitrogens is 2. The van der Waals surface area contributed by atoms with Crippen LogP contribution in [0.15, 0.2) is 24.7 Å². The van der Waals surface area contributed by atoms with E-state index in [0.717, 1.165) is 11.1 Å². The Kier molecular flexibility index (Phi) is 5.87. The van der Waals surface area contributed by atoms with Gasteiger partial charge in [0.1, 0.15) is 5.82 Å². The maximum absolute atomic E-state index is 11.9. The van der Waals surface area contributed by atoms with Crippen molar-refractivity contribution >= 4 is 29.1 Å². The normalized spacial score (nSPS) is 10.3. The lowest BCUT2D eigenvalue weighted by Gasteiger charge is -2.14. The van der Waals surface area contributed by atoms with Crippen LogP contribution in [0.2, 0.25) is 5.02 Å². The highest BCUT2D eigenvalue weighted by atomic mass is 35.5. The number of rotatable bonds is 6. The van der Waals surface area contributed by atoms with Gasteiger partial charge in [0.15, 0.2) is 0 Å². The molecule has 0 aliphatic heterocycles. The van der Waals surface area contributed by atoms with E-state index in [9.17, 15) is 4.79 Å². The molecule has 6 nitrogen and oxygen atoms in total. The molecule has 0 spiro atoms. The van der Waals surface area contributed by atoms with Gasteiger partial charge < -0.3 is 15.5 Å². The summed E-state index contributed by atoms with van der Waals surface area (Å²) in [4.78, 5) is 20.3. The number of aryl methyl sites for hydroxylation is 1. The number of carbonyl (C=O) groups excluding carboxylic acids is 1. The predicted molar refractivity (Wildman–Crippen MR) is 94.0 cm³/mol. The van der Waals surface area contributed by atoms with Crippen LogP contribution in [-0.4, -0.2) is 28.3 Å². The minimum atomic E-state index is -0.549. The highest BCUT2D eigenvalue weighted by Gasteiger charge is 2.20. The van der Waals surface area contributed by atoms with Crippen molar-refractivity contribution < 1.29 is 9.53 Å². The molecule has 2 rings (SSSR count). The maximum atomic E-state index is 11.9. The van der Waals surface area contributed by atoms with Gasteiger partial charge in [0, 0.05) is 30.8 Å². The molecule has 24 heavy (non-hydrogen) atoms. The second-order valence-electron chi connectivity index (χ2n) is 5.28. The molecule has 0 bridgehead atoms. The van der Waals surface area contributed by atoms with Crippen LogP contribution in [0.1, 0.15) is 40.9 Å². The Morgan fingerprint density at radius 2 is 2.12 bits per heavy atom. The van der Waals surface area contributed by atoms with Gasteiger partial charge in [-0.2, -0.15) is 0 Å². The number of ether oxygens (including phenoxy) is 1. The summed E-state index contributed by atoms with van der Waals surface area (Å²) in [5.41, 5.74) is 2.80. The van der Waals surface area contributed by atoms with Crippen LogP contribution in [0, 0.1) is 12.3 Å². The Morgan fingerprint density at radius 1 is 1.38 bits per heavy atom. The predicted octanol–water partition coefficient (Wildman–Crippen LogP) is 3.61. The van der Waals surface area contributed by atoms with E-state index in [-0.39, 0.29) is 22.9 Å². The summed E-state index contributed by atoms with van der Waals surface area (Å²) in [6.07, 6.45) is 4.90. The zero-order chi connectivity index (χ0) is 17.7. The lowest BCUT2D eigenvalue weighted by atomic mass is 10.1. The number of nitrogens with one attached hydrogen (secondary N) is 2. The molecule has 0 aliphatic carbocycles. The summed E-state index contributed by atoms with van der Waals surface area (Å²) in [6.45, 7) is 6.00. The average molecular weight is 347 g/mol. The maximum Gasteiger partial charge on any atom is 0.341 e. The molecule has 126 valence electrons. The molecule has 0 aromatic carbocycles. The van der Waals surface area contributed by atoms with Crippen molar-refractivity contribution in [3.63, 3.8) is 0 Å². The van der Waals surface area contributed by atoms with E-state index < -0.39 is 5.97 Å². The van der Waals surface area contributed by atoms with Gasteiger partial charge in [0.2, 0.25) is 0 Å². The highest BCUT2D eigenvalue weighted by molar-refractivity contribution is 6.37. The summed E-state index contributed by atoms with van der Waals surface area (Å²) >= 11 is 6.31. The topological polar surface area (TPSA) is 88.0 Å². The molecule has 0 radical (unpaired) electrons. The minimum Gasteiger partial charge on any atom is -0.462 e. The second-order valence-corrected chi connectivity index (χ2v) is 5.66. The van der Waals surface area contributed by atoms with E-state index in [1.165, 1.54) is 6.20 Å². The molecule has 2 aromatic rings. The first-order valence-corrected chi connectivity index (χ1v) is 7.87. The summed E-state index contributed by atoms with van der Waals surface area (Å²) in [7, 11) is 0. The Bertz CT molecular complexity index is 777. The molecule has 0 unspecified atom stereocenters. The van der Waals surface area contributed by atoms with E-state index in [2.05, 4.69) is 15.3 Å². The first-order valence-electron chi connectivity index (χ1n) is 7.49. The largest absolute Gasteiger partial charge is 0.462 e. The standard InChI is InChI=1S/C17H19ClN4O2/c1-4-24-17(23)13-9-22-16(14(11(3)19)15(13)18)21-8-12-5-10(2)6-20-7-12/h5-7,9,19H,4,8H2,1-3H3,(H,21,22). The van der Waals surface area contributed by atoms with Crippen molar-refractivity contribution in [3.8, 4) is 0 Å². The van der Waals surface area contributed by atoms with Crippen LogP contribution in [0.3, 0.4) is 0 Å². The van der Waals surface area contributed by atoms with Crippen LogP contribution < -0.4 is 5.32 Å². The first-order chi connectivity index (χ1) is 11.4. The van der Waals surface area contributed by atoms with Crippen LogP contribution in [-0.2, 0) is 11.3 Å². The van der Waals surface area contributed by atoms with Crippen LogP contribution >= 0.6 is 11.6 Å². The van der Waals surface area contributed by atoms with Crippen LogP contribution in [0.25, 0.3) is 0 Å². The zero-order valence-electron chi connectivity index (χ0n) is 13.8. The van der Waals surface area contributed by atoms with Crippen molar-refractivity contribution in [2.75, 3.05) is 11.9 Å². The third-order valence-electron chi connectivity index (χ3n) is 3.28. The Morgan fingerprint density at radius 3 is 2.75 bits per heavy atom. The number of carbonyl (C=O) groups is 1. The molecule has 0 atom stereocenters. The van der Waals surface area contributed by atoms with Crippen molar-refractivity contribution in [2.45, 2.75) is 27.3 Å². The van der Waals surface area contributed by atoms with E-state index in [4.69, 9.17) is 21.7 Å². The third kappa shape index (κ3) is 4.08. The number of hydrogen-bond acceptors (Lipinski definition) is 6. The highest BCUT2D eigenvalue weighted by Crippen LogP contribution is 2.27. The number of nitrogens with zero attached hydrogens (tertiary/aromatic N) is 2. The number of esters is 1. The third-order valence-corrected chi connectivity index (χ3v) is 3.67. The zero-order valence-corrected chi connectivity index (χ0v) is 14.6. The smallest absolute Gasteiger partial charge is 0.341 e. The van der Waals surface area contributed by atoms with Crippen molar-refractivity contribution in [3.05, 3.63) is 51.9 Å². The van der Waals surface area contributed by atoms with Gasteiger partial charge in [-0.1, -0.05) is 17.7 Å². The van der Waals surface area contributed by atoms with Crippen molar-refractivity contribution in [1.82, 2.24) is 9.97 Å². The van der Waals surface area contributed by atoms with Gasteiger partial charge >= 0.3 is 5.97 Å². The van der Waals surface area contributed by atoms with Crippen LogP contribution in [0.4, 0.5) is 5.82 Å². The Labute approximate surface area is 145 Å². The molecular formula is C17H19ClN4O2. The molecule has 0 fully saturated rings. The fraction of sp³-hybridized carbons (Fsp3) is 0.294. The summed E-state index contributed by atoms with van der Waals surface area (Å²) < 4.78 is 4.96. The molecule has 0 amide bonds.